The number of hydrogen-bond acceptors (Lipinski definition) is 5. The third kappa shape index (κ3) is 45.9. The van der Waals surface area contributed by atoms with Crippen molar-refractivity contribution in [1.29, 1.82) is 0 Å². The lowest BCUT2D eigenvalue weighted by molar-refractivity contribution is -0.143. The first kappa shape index (κ1) is 58.3. The third-order valence-electron chi connectivity index (χ3n) is 12.2. The van der Waals surface area contributed by atoms with E-state index < -0.39 is 12.1 Å². The van der Waals surface area contributed by atoms with Gasteiger partial charge in [-0.1, -0.05) is 244 Å². The maximum absolute atomic E-state index is 12.4. The van der Waals surface area contributed by atoms with Crippen LogP contribution in [0.3, 0.4) is 0 Å². The van der Waals surface area contributed by atoms with Gasteiger partial charge in [0.15, 0.2) is 0 Å². The molecule has 0 bridgehead atoms. The van der Waals surface area contributed by atoms with E-state index in [4.69, 9.17) is 4.74 Å². The molecule has 354 valence electrons. The Kier molecular flexibility index (Phi) is 48.6. The predicted molar refractivity (Wildman–Crippen MR) is 260 cm³/mol. The first-order valence-corrected chi connectivity index (χ1v) is 26.6. The quantitative estimate of drug-likeness (QED) is 0.0322. The molecule has 0 heterocycles. The van der Waals surface area contributed by atoms with Crippen molar-refractivity contribution in [1.82, 2.24) is 5.32 Å². The van der Waals surface area contributed by atoms with Crippen LogP contribution in [0.5, 0.6) is 0 Å². The number of nitrogens with one attached hydrogen (secondary N) is 1. The van der Waals surface area contributed by atoms with Crippen LogP contribution in [0, 0.1) is 0 Å². The first-order valence-electron chi connectivity index (χ1n) is 26.6. The summed E-state index contributed by atoms with van der Waals surface area (Å²) in [6, 6.07) is -0.631. The molecule has 0 aliphatic rings. The zero-order chi connectivity index (χ0) is 43.7. The summed E-state index contributed by atoms with van der Waals surface area (Å²) >= 11 is 0. The van der Waals surface area contributed by atoms with Crippen LogP contribution in [-0.2, 0) is 14.3 Å². The average molecular weight is 846 g/mol. The Morgan fingerprint density at radius 3 is 1.23 bits per heavy atom. The minimum atomic E-state index is -0.847. The Morgan fingerprint density at radius 1 is 0.450 bits per heavy atom. The van der Waals surface area contributed by atoms with E-state index in [0.29, 0.717) is 19.4 Å². The molecule has 0 radical (unpaired) electrons. The van der Waals surface area contributed by atoms with Gasteiger partial charge >= 0.3 is 5.97 Å². The molecule has 0 spiro atoms. The van der Waals surface area contributed by atoms with Crippen molar-refractivity contribution in [2.75, 3.05) is 13.2 Å². The monoisotopic (exact) mass is 846 g/mol. The van der Waals surface area contributed by atoms with Crippen LogP contribution < -0.4 is 5.32 Å². The molecular weight excluding hydrogens is 743 g/mol. The Hall–Kier alpha value is -1.66. The zero-order valence-electron chi connectivity index (χ0n) is 40.2. The smallest absolute Gasteiger partial charge is 0.305 e. The fourth-order valence-electron chi connectivity index (χ4n) is 8.08. The SMILES string of the molecule is CCCC/C=C\CCCCCCCC(=O)OCCCCCCCCCCCCCCCCCCCC(=O)NC(CO)C(O)/C=C/CCCCCCCCCCCCCCC. The largest absolute Gasteiger partial charge is 0.466 e. The van der Waals surface area contributed by atoms with E-state index in [1.807, 2.05) is 6.08 Å². The summed E-state index contributed by atoms with van der Waals surface area (Å²) in [5, 5.41) is 23.1. The molecule has 2 atom stereocenters. The van der Waals surface area contributed by atoms with Gasteiger partial charge in [0.1, 0.15) is 0 Å². The molecule has 0 aromatic carbocycles. The average Bonchev–Trinajstić information content (AvgIpc) is 3.25. The summed E-state index contributed by atoms with van der Waals surface area (Å²) in [5.41, 5.74) is 0. The van der Waals surface area contributed by atoms with E-state index in [1.165, 1.54) is 212 Å². The van der Waals surface area contributed by atoms with E-state index in [0.717, 1.165) is 44.9 Å². The maximum atomic E-state index is 12.4. The van der Waals surface area contributed by atoms with Gasteiger partial charge in [0.05, 0.1) is 25.4 Å². The maximum Gasteiger partial charge on any atom is 0.305 e. The summed E-state index contributed by atoms with van der Waals surface area (Å²) in [5.74, 6) is -0.0798. The molecule has 0 saturated heterocycles. The molecular formula is C54H103NO5. The second-order valence-corrected chi connectivity index (χ2v) is 18.2. The number of esters is 1. The van der Waals surface area contributed by atoms with Crippen LogP contribution in [0.15, 0.2) is 24.3 Å². The van der Waals surface area contributed by atoms with E-state index in [9.17, 15) is 19.8 Å². The highest BCUT2D eigenvalue weighted by molar-refractivity contribution is 5.76. The number of aliphatic hydroxyl groups excluding tert-OH is 2. The molecule has 0 fully saturated rings. The molecule has 0 rings (SSSR count). The van der Waals surface area contributed by atoms with E-state index >= 15 is 0 Å². The number of carbonyl (C=O) groups is 2. The van der Waals surface area contributed by atoms with Gasteiger partial charge in [0.25, 0.3) is 0 Å². The van der Waals surface area contributed by atoms with Gasteiger partial charge in [-0.3, -0.25) is 9.59 Å². The van der Waals surface area contributed by atoms with Gasteiger partial charge in [-0.25, -0.2) is 0 Å². The highest BCUT2D eigenvalue weighted by atomic mass is 16.5. The van der Waals surface area contributed by atoms with Crippen LogP contribution in [-0.4, -0.2) is 47.4 Å². The number of rotatable bonds is 49. The van der Waals surface area contributed by atoms with Crippen molar-refractivity contribution in [2.24, 2.45) is 0 Å². The summed E-state index contributed by atoms with van der Waals surface area (Å²) in [7, 11) is 0. The van der Waals surface area contributed by atoms with Crippen molar-refractivity contribution in [3.05, 3.63) is 24.3 Å². The number of ether oxygens (including phenoxy) is 1. The van der Waals surface area contributed by atoms with Gasteiger partial charge in [-0.15, -0.1) is 0 Å². The van der Waals surface area contributed by atoms with Gasteiger partial charge in [0.2, 0.25) is 5.91 Å². The molecule has 0 aromatic rings. The molecule has 0 aromatic heterocycles. The van der Waals surface area contributed by atoms with E-state index in [2.05, 4.69) is 31.3 Å². The normalized spacial score (nSPS) is 12.8. The number of allylic oxidation sites excluding steroid dienone is 3. The minimum Gasteiger partial charge on any atom is -0.466 e. The summed E-state index contributed by atoms with van der Waals surface area (Å²) in [4.78, 5) is 24.4. The lowest BCUT2D eigenvalue weighted by Gasteiger charge is -2.20. The number of aliphatic hydroxyl groups is 2. The molecule has 1 amide bonds. The second kappa shape index (κ2) is 50.0. The first-order chi connectivity index (χ1) is 29.5. The molecule has 2 unspecified atom stereocenters. The minimum absolute atomic E-state index is 0.00685. The Morgan fingerprint density at radius 2 is 0.800 bits per heavy atom. The number of carbonyl (C=O) groups excluding carboxylic acids is 2. The van der Waals surface area contributed by atoms with Gasteiger partial charge in [-0.2, -0.15) is 0 Å². The molecule has 3 N–H and O–H groups in total. The lowest BCUT2D eigenvalue weighted by atomic mass is 10.0. The molecule has 60 heavy (non-hydrogen) atoms. The van der Waals surface area contributed by atoms with Crippen LogP contribution in [0.4, 0.5) is 0 Å². The zero-order valence-corrected chi connectivity index (χ0v) is 40.2. The predicted octanol–water partition coefficient (Wildman–Crippen LogP) is 15.9. The standard InChI is InChI=1S/C54H103NO5/c1-3-5-7-9-11-13-15-16-20-23-27-30-34-38-42-46-52(57)51(50-56)55-53(58)47-43-39-35-31-28-24-21-18-17-19-22-25-29-33-37-41-45-49-60-54(59)48-44-40-36-32-26-14-12-10-8-6-4-2/h10,12,42,46,51-52,56-57H,3-9,11,13-41,43-45,47-50H2,1-2H3,(H,55,58)/b12-10-,46-42+. The van der Waals surface area contributed by atoms with Crippen LogP contribution in [0.25, 0.3) is 0 Å². The number of amides is 1. The highest BCUT2D eigenvalue weighted by Gasteiger charge is 2.18. The molecule has 0 aliphatic carbocycles. The van der Waals surface area contributed by atoms with Crippen molar-refractivity contribution in [2.45, 2.75) is 296 Å². The van der Waals surface area contributed by atoms with Crippen LogP contribution >= 0.6 is 0 Å². The van der Waals surface area contributed by atoms with Crippen LogP contribution in [0.2, 0.25) is 0 Å². The van der Waals surface area contributed by atoms with Gasteiger partial charge < -0.3 is 20.3 Å². The number of unbranched alkanes of at least 4 members (excludes halogenated alkanes) is 36. The lowest BCUT2D eigenvalue weighted by Crippen LogP contribution is -2.45. The topological polar surface area (TPSA) is 95.9 Å². The summed E-state index contributed by atoms with van der Waals surface area (Å²) in [6.07, 6.45) is 58.9. The van der Waals surface area contributed by atoms with Crippen molar-refractivity contribution >= 4 is 11.9 Å². The third-order valence-corrected chi connectivity index (χ3v) is 12.2. The van der Waals surface area contributed by atoms with E-state index in [-0.39, 0.29) is 18.5 Å². The fraction of sp³-hybridized carbons (Fsp3) is 0.889. The highest BCUT2D eigenvalue weighted by Crippen LogP contribution is 2.16. The van der Waals surface area contributed by atoms with Gasteiger partial charge in [0, 0.05) is 12.8 Å². The van der Waals surface area contributed by atoms with Crippen LogP contribution in [0.1, 0.15) is 284 Å². The molecule has 0 aliphatic heterocycles. The Balaban J connectivity index is 3.46. The Labute approximate surface area is 373 Å². The summed E-state index contributed by atoms with van der Waals surface area (Å²) in [6.45, 7) is 4.85. The van der Waals surface area contributed by atoms with Crippen molar-refractivity contribution in [3.63, 3.8) is 0 Å². The Bertz CT molecular complexity index is 935. The summed E-state index contributed by atoms with van der Waals surface area (Å²) < 4.78 is 5.45. The second-order valence-electron chi connectivity index (χ2n) is 18.2. The van der Waals surface area contributed by atoms with E-state index in [1.54, 1.807) is 6.08 Å². The van der Waals surface area contributed by atoms with Gasteiger partial charge in [-0.05, 0) is 51.4 Å². The molecule has 0 saturated carbocycles. The molecule has 6 nitrogen and oxygen atoms in total. The number of hydrogen-bond donors (Lipinski definition) is 3. The van der Waals surface area contributed by atoms with Crippen molar-refractivity contribution < 1.29 is 24.5 Å². The molecule has 6 heteroatoms. The van der Waals surface area contributed by atoms with Crippen molar-refractivity contribution in [3.8, 4) is 0 Å². The fourth-order valence-corrected chi connectivity index (χ4v) is 8.08.